The number of hydrogen-bond acceptors (Lipinski definition) is 4. The van der Waals surface area contributed by atoms with E-state index < -0.39 is 0 Å². The Morgan fingerprint density at radius 1 is 1.23 bits per heavy atom. The highest BCUT2D eigenvalue weighted by Crippen LogP contribution is 2.24. The summed E-state index contributed by atoms with van der Waals surface area (Å²) in [6.07, 6.45) is 5.70. The van der Waals surface area contributed by atoms with Gasteiger partial charge in [-0.05, 0) is 46.0 Å². The van der Waals surface area contributed by atoms with Gasteiger partial charge in [0.2, 0.25) is 5.91 Å². The highest BCUT2D eigenvalue weighted by atomic mass is 35.5. The van der Waals surface area contributed by atoms with Crippen molar-refractivity contribution < 1.29 is 9.53 Å². The number of rotatable bonds is 4. The first-order chi connectivity index (χ1) is 10.1. The number of likely N-dealkylation sites (tertiary alicyclic amines) is 2. The van der Waals surface area contributed by atoms with Gasteiger partial charge in [0, 0.05) is 38.3 Å². The lowest BCUT2D eigenvalue weighted by atomic mass is 9.96. The molecule has 0 saturated carbocycles. The molecule has 0 spiro atoms. The lowest BCUT2D eigenvalue weighted by Gasteiger charge is -2.43. The van der Waals surface area contributed by atoms with Crippen molar-refractivity contribution in [1.29, 1.82) is 0 Å². The van der Waals surface area contributed by atoms with Crippen molar-refractivity contribution >= 4 is 18.3 Å². The van der Waals surface area contributed by atoms with E-state index in [1.165, 1.54) is 6.42 Å². The molecular formula is C16H32ClN3O2. The van der Waals surface area contributed by atoms with E-state index in [1.807, 2.05) is 0 Å². The standard InChI is InChI=1S/C16H31N3O2.ClH/c1-12-5-4-6-13(2)19(12)16(20)11-18-8-7-15(21-3)9-14(18)10-17;/h12-15H,4-11,17H2,1-3H3;1H. The third-order valence-electron chi connectivity index (χ3n) is 5.21. The van der Waals surface area contributed by atoms with Crippen molar-refractivity contribution in [3.63, 3.8) is 0 Å². The number of amides is 1. The third kappa shape index (κ3) is 4.57. The van der Waals surface area contributed by atoms with Crippen LogP contribution in [0.15, 0.2) is 0 Å². The van der Waals surface area contributed by atoms with E-state index in [1.54, 1.807) is 7.11 Å². The molecule has 0 aromatic carbocycles. The Kier molecular flexibility index (Phi) is 8.11. The molecule has 2 saturated heterocycles. The molecule has 22 heavy (non-hydrogen) atoms. The van der Waals surface area contributed by atoms with Gasteiger partial charge < -0.3 is 15.4 Å². The Balaban J connectivity index is 0.00000242. The molecule has 0 bridgehead atoms. The molecule has 130 valence electrons. The lowest BCUT2D eigenvalue weighted by Crippen LogP contribution is -2.55. The van der Waals surface area contributed by atoms with Gasteiger partial charge in [-0.2, -0.15) is 0 Å². The normalized spacial score (nSPS) is 33.4. The van der Waals surface area contributed by atoms with Crippen LogP contribution in [0.5, 0.6) is 0 Å². The quantitative estimate of drug-likeness (QED) is 0.849. The Morgan fingerprint density at radius 2 is 1.86 bits per heavy atom. The van der Waals surface area contributed by atoms with Crippen LogP contribution in [-0.2, 0) is 9.53 Å². The first-order valence-electron chi connectivity index (χ1n) is 8.34. The number of nitrogens with zero attached hydrogens (tertiary/aromatic N) is 2. The summed E-state index contributed by atoms with van der Waals surface area (Å²) < 4.78 is 5.45. The fraction of sp³-hybridized carbons (Fsp3) is 0.938. The number of piperidine rings is 2. The van der Waals surface area contributed by atoms with Crippen molar-refractivity contribution in [3.8, 4) is 0 Å². The second-order valence-electron chi connectivity index (χ2n) is 6.67. The van der Waals surface area contributed by atoms with E-state index in [0.29, 0.717) is 25.2 Å². The molecule has 0 aromatic rings. The van der Waals surface area contributed by atoms with Crippen molar-refractivity contribution in [2.45, 2.75) is 70.2 Å². The van der Waals surface area contributed by atoms with Crippen molar-refractivity contribution in [2.24, 2.45) is 5.73 Å². The third-order valence-corrected chi connectivity index (χ3v) is 5.21. The molecule has 2 fully saturated rings. The van der Waals surface area contributed by atoms with Gasteiger partial charge in [-0.15, -0.1) is 12.4 Å². The molecule has 0 aliphatic carbocycles. The van der Waals surface area contributed by atoms with Gasteiger partial charge in [-0.25, -0.2) is 0 Å². The van der Waals surface area contributed by atoms with E-state index in [0.717, 1.165) is 32.2 Å². The molecule has 6 heteroatoms. The largest absolute Gasteiger partial charge is 0.381 e. The topological polar surface area (TPSA) is 58.8 Å². The number of halogens is 1. The van der Waals surface area contributed by atoms with Crippen LogP contribution in [0.2, 0.25) is 0 Å². The van der Waals surface area contributed by atoms with Gasteiger partial charge in [-0.1, -0.05) is 0 Å². The summed E-state index contributed by atoms with van der Waals surface area (Å²) in [7, 11) is 1.76. The van der Waals surface area contributed by atoms with E-state index in [-0.39, 0.29) is 30.5 Å². The van der Waals surface area contributed by atoms with Crippen molar-refractivity contribution in [3.05, 3.63) is 0 Å². The Hall–Kier alpha value is -0.360. The van der Waals surface area contributed by atoms with E-state index >= 15 is 0 Å². The average molecular weight is 334 g/mol. The number of carbonyl (C=O) groups excluding carboxylic acids is 1. The molecule has 0 radical (unpaired) electrons. The summed E-state index contributed by atoms with van der Waals surface area (Å²) in [5.41, 5.74) is 5.90. The zero-order chi connectivity index (χ0) is 15.4. The summed E-state index contributed by atoms with van der Waals surface area (Å²) in [5.74, 6) is 0.268. The van der Waals surface area contributed by atoms with Crippen LogP contribution < -0.4 is 5.73 Å². The predicted octanol–water partition coefficient (Wildman–Crippen LogP) is 1.64. The first-order valence-corrected chi connectivity index (χ1v) is 8.34. The summed E-state index contributed by atoms with van der Waals surface area (Å²) in [6.45, 7) is 6.35. The van der Waals surface area contributed by atoms with Crippen LogP contribution in [0.1, 0.15) is 46.0 Å². The second-order valence-corrected chi connectivity index (χ2v) is 6.67. The van der Waals surface area contributed by atoms with Gasteiger partial charge in [0.25, 0.3) is 0 Å². The molecule has 5 nitrogen and oxygen atoms in total. The van der Waals surface area contributed by atoms with Crippen molar-refractivity contribution in [1.82, 2.24) is 9.80 Å². The minimum absolute atomic E-state index is 0. The van der Waals surface area contributed by atoms with Crippen LogP contribution >= 0.6 is 12.4 Å². The number of nitrogens with two attached hydrogens (primary N) is 1. The molecule has 2 aliphatic rings. The Bertz CT molecular complexity index is 346. The number of ether oxygens (including phenoxy) is 1. The molecule has 2 heterocycles. The number of hydrogen-bond donors (Lipinski definition) is 1. The fourth-order valence-corrected chi connectivity index (χ4v) is 3.90. The second kappa shape index (κ2) is 9.06. The van der Waals surface area contributed by atoms with Crippen LogP contribution in [0, 0.1) is 0 Å². The molecule has 2 N–H and O–H groups in total. The van der Waals surface area contributed by atoms with Gasteiger partial charge in [-0.3, -0.25) is 9.69 Å². The maximum absolute atomic E-state index is 12.7. The molecule has 0 aromatic heterocycles. The zero-order valence-electron chi connectivity index (χ0n) is 14.2. The Labute approximate surface area is 140 Å². The average Bonchev–Trinajstić information content (AvgIpc) is 2.47. The summed E-state index contributed by atoms with van der Waals surface area (Å²) >= 11 is 0. The molecule has 4 atom stereocenters. The minimum atomic E-state index is 0. The summed E-state index contributed by atoms with van der Waals surface area (Å²) in [4.78, 5) is 17.1. The van der Waals surface area contributed by atoms with Gasteiger partial charge in [0.05, 0.1) is 12.6 Å². The number of carbonyl (C=O) groups is 1. The van der Waals surface area contributed by atoms with E-state index in [2.05, 4.69) is 23.6 Å². The molecule has 4 unspecified atom stereocenters. The highest BCUT2D eigenvalue weighted by molar-refractivity contribution is 5.85. The molecule has 1 amide bonds. The van der Waals surface area contributed by atoms with Crippen LogP contribution in [0.4, 0.5) is 0 Å². The SMILES string of the molecule is COC1CCN(CC(=O)N2C(C)CCCC2C)C(CN)C1.Cl. The highest BCUT2D eigenvalue weighted by Gasteiger charge is 2.33. The van der Waals surface area contributed by atoms with Crippen LogP contribution in [0.25, 0.3) is 0 Å². The maximum Gasteiger partial charge on any atom is 0.237 e. The van der Waals surface area contributed by atoms with Crippen molar-refractivity contribution in [2.75, 3.05) is 26.7 Å². The van der Waals surface area contributed by atoms with E-state index in [9.17, 15) is 4.79 Å². The predicted molar refractivity (Wildman–Crippen MR) is 91.3 cm³/mol. The Morgan fingerprint density at radius 3 is 2.41 bits per heavy atom. The van der Waals surface area contributed by atoms with Gasteiger partial charge in [0.15, 0.2) is 0 Å². The molecule has 2 rings (SSSR count). The van der Waals surface area contributed by atoms with Gasteiger partial charge >= 0.3 is 0 Å². The molecule has 2 aliphatic heterocycles. The first kappa shape index (κ1) is 19.7. The van der Waals surface area contributed by atoms with Crippen LogP contribution in [0.3, 0.4) is 0 Å². The molecular weight excluding hydrogens is 302 g/mol. The van der Waals surface area contributed by atoms with E-state index in [4.69, 9.17) is 10.5 Å². The minimum Gasteiger partial charge on any atom is -0.381 e. The maximum atomic E-state index is 12.7. The summed E-state index contributed by atoms with van der Waals surface area (Å²) in [5, 5.41) is 0. The number of methoxy groups -OCH3 is 1. The zero-order valence-corrected chi connectivity index (χ0v) is 15.0. The van der Waals surface area contributed by atoms with Gasteiger partial charge in [0.1, 0.15) is 0 Å². The summed E-state index contributed by atoms with van der Waals surface area (Å²) in [6, 6.07) is 1.01. The monoisotopic (exact) mass is 333 g/mol. The smallest absolute Gasteiger partial charge is 0.237 e. The van der Waals surface area contributed by atoms with Crippen LogP contribution in [-0.4, -0.2) is 66.7 Å². The lowest BCUT2D eigenvalue weighted by molar-refractivity contribution is -0.140. The fourth-order valence-electron chi connectivity index (χ4n) is 3.90.